The van der Waals surface area contributed by atoms with E-state index in [1.807, 2.05) is 19.1 Å². The summed E-state index contributed by atoms with van der Waals surface area (Å²) in [4.78, 5) is 4.71. The highest BCUT2D eigenvalue weighted by molar-refractivity contribution is 7.89. The van der Waals surface area contributed by atoms with Crippen LogP contribution in [0.2, 0.25) is 0 Å². The molecule has 2 heterocycles. The topological polar surface area (TPSA) is 134 Å². The molecule has 1 saturated carbocycles. The van der Waals surface area contributed by atoms with Crippen LogP contribution in [0.1, 0.15) is 24.8 Å². The maximum atomic E-state index is 12.7. The zero-order valence-corrected chi connectivity index (χ0v) is 15.6. The van der Waals surface area contributed by atoms with Gasteiger partial charge in [0, 0.05) is 11.6 Å². The zero-order valence-electron chi connectivity index (χ0n) is 14.8. The van der Waals surface area contributed by atoms with Gasteiger partial charge in [-0.2, -0.15) is 5.10 Å². The number of nitrogens with two attached hydrogens (primary N) is 1. The number of anilines is 1. The van der Waals surface area contributed by atoms with Gasteiger partial charge >= 0.3 is 0 Å². The Morgan fingerprint density at radius 1 is 1.26 bits per heavy atom. The number of aromatic nitrogens is 3. The zero-order chi connectivity index (χ0) is 19.2. The van der Waals surface area contributed by atoms with E-state index in [4.69, 9.17) is 5.73 Å². The summed E-state index contributed by atoms with van der Waals surface area (Å²) in [7, 11) is -3.70. The van der Waals surface area contributed by atoms with E-state index < -0.39 is 22.2 Å². The normalized spacial score (nSPS) is 20.4. The fourth-order valence-corrected chi connectivity index (χ4v) is 4.89. The van der Waals surface area contributed by atoms with Gasteiger partial charge in [0.05, 0.1) is 22.2 Å². The van der Waals surface area contributed by atoms with Gasteiger partial charge in [0.25, 0.3) is 0 Å². The number of H-pyrrole nitrogens is 1. The fraction of sp³-hybridized carbons (Fsp3) is 0.333. The predicted molar refractivity (Wildman–Crippen MR) is 102 cm³/mol. The Morgan fingerprint density at radius 3 is 2.78 bits per heavy atom. The molecule has 2 aromatic heterocycles. The van der Waals surface area contributed by atoms with Crippen molar-refractivity contribution in [3.63, 3.8) is 0 Å². The quantitative estimate of drug-likeness (QED) is 0.538. The van der Waals surface area contributed by atoms with Crippen molar-refractivity contribution in [2.45, 2.75) is 43.2 Å². The van der Waals surface area contributed by atoms with Crippen LogP contribution in [0.15, 0.2) is 35.2 Å². The van der Waals surface area contributed by atoms with Crippen LogP contribution in [0.25, 0.3) is 22.3 Å². The number of nitrogen functional groups attached to an aromatic ring is 1. The first-order chi connectivity index (χ1) is 12.8. The van der Waals surface area contributed by atoms with Crippen molar-refractivity contribution in [2.75, 3.05) is 5.73 Å². The minimum Gasteiger partial charge on any atom is -0.391 e. The van der Waals surface area contributed by atoms with Crippen LogP contribution in [-0.4, -0.2) is 40.9 Å². The summed E-state index contributed by atoms with van der Waals surface area (Å²) in [5.41, 5.74) is 9.43. The Morgan fingerprint density at radius 2 is 2.07 bits per heavy atom. The summed E-state index contributed by atoms with van der Waals surface area (Å²) in [6.07, 6.45) is 1.46. The van der Waals surface area contributed by atoms with Crippen LogP contribution in [0.4, 0.5) is 5.82 Å². The standard InChI is InChI=1S/C18H21N5O3S/c1-10-9-11(27(25,26)23-14-3-2-4-16(14)24)5-6-12(10)13-7-8-15-17(20-13)18(19)22-21-15/h5-9,14,16,23-24H,2-4H2,1H3,(H3,19,21,22)/t14-,16+/m1/s1. The lowest BCUT2D eigenvalue weighted by Crippen LogP contribution is -2.39. The Hall–Kier alpha value is -2.49. The molecule has 27 heavy (non-hydrogen) atoms. The van der Waals surface area contributed by atoms with Crippen LogP contribution >= 0.6 is 0 Å². The average Bonchev–Trinajstić information content (AvgIpc) is 3.20. The number of fused-ring (bicyclic) bond motifs is 1. The van der Waals surface area contributed by atoms with Gasteiger partial charge in [0.2, 0.25) is 10.0 Å². The number of nitrogens with zero attached hydrogens (tertiary/aromatic N) is 2. The molecular formula is C18H21N5O3S. The number of rotatable bonds is 4. The Bertz CT molecular complexity index is 1110. The molecule has 142 valence electrons. The van der Waals surface area contributed by atoms with E-state index in [0.29, 0.717) is 29.9 Å². The van der Waals surface area contributed by atoms with Crippen LogP contribution in [0, 0.1) is 6.92 Å². The van der Waals surface area contributed by atoms with Gasteiger partial charge in [0.1, 0.15) is 5.52 Å². The number of hydrogen-bond donors (Lipinski definition) is 4. The van der Waals surface area contributed by atoms with Crippen LogP contribution < -0.4 is 10.5 Å². The van der Waals surface area contributed by atoms with Gasteiger partial charge < -0.3 is 10.8 Å². The molecule has 9 heteroatoms. The van der Waals surface area contributed by atoms with Crippen LogP contribution in [-0.2, 0) is 10.0 Å². The van der Waals surface area contributed by atoms with Gasteiger partial charge in [-0.1, -0.05) is 6.07 Å². The lowest BCUT2D eigenvalue weighted by atomic mass is 10.1. The smallest absolute Gasteiger partial charge is 0.240 e. The minimum absolute atomic E-state index is 0.173. The monoisotopic (exact) mass is 387 g/mol. The Labute approximate surface area is 156 Å². The number of sulfonamides is 1. The second kappa shape index (κ2) is 6.59. The maximum absolute atomic E-state index is 12.7. The molecular weight excluding hydrogens is 366 g/mol. The summed E-state index contributed by atoms with van der Waals surface area (Å²) >= 11 is 0. The number of aromatic amines is 1. The van der Waals surface area contributed by atoms with Crippen LogP contribution in [0.5, 0.6) is 0 Å². The van der Waals surface area contributed by atoms with Crippen molar-refractivity contribution < 1.29 is 13.5 Å². The molecule has 4 rings (SSSR count). The number of aryl methyl sites for hydroxylation is 1. The maximum Gasteiger partial charge on any atom is 0.240 e. The molecule has 1 aliphatic carbocycles. The van der Waals surface area contributed by atoms with E-state index in [9.17, 15) is 13.5 Å². The van der Waals surface area contributed by atoms with Gasteiger partial charge in [0.15, 0.2) is 5.82 Å². The molecule has 0 radical (unpaired) electrons. The number of aliphatic hydroxyl groups is 1. The van der Waals surface area contributed by atoms with E-state index in [-0.39, 0.29) is 4.90 Å². The highest BCUT2D eigenvalue weighted by atomic mass is 32.2. The average molecular weight is 387 g/mol. The van der Waals surface area contributed by atoms with Gasteiger partial charge in [-0.05, 0) is 56.0 Å². The lowest BCUT2D eigenvalue weighted by Gasteiger charge is -2.17. The number of benzene rings is 1. The second-order valence-electron chi connectivity index (χ2n) is 6.90. The molecule has 0 spiro atoms. The third kappa shape index (κ3) is 3.29. The van der Waals surface area contributed by atoms with E-state index in [1.54, 1.807) is 18.2 Å². The molecule has 0 aliphatic heterocycles. The molecule has 8 nitrogen and oxygen atoms in total. The van der Waals surface area contributed by atoms with Gasteiger partial charge in [-0.25, -0.2) is 18.1 Å². The van der Waals surface area contributed by atoms with Gasteiger partial charge in [-0.15, -0.1) is 0 Å². The number of pyridine rings is 1. The van der Waals surface area contributed by atoms with E-state index >= 15 is 0 Å². The van der Waals surface area contributed by atoms with Crippen molar-refractivity contribution in [1.29, 1.82) is 0 Å². The van der Waals surface area contributed by atoms with Crippen molar-refractivity contribution in [1.82, 2.24) is 19.9 Å². The second-order valence-corrected chi connectivity index (χ2v) is 8.62. The molecule has 2 atom stereocenters. The largest absolute Gasteiger partial charge is 0.391 e. The third-order valence-corrected chi connectivity index (χ3v) is 6.49. The van der Waals surface area contributed by atoms with E-state index in [0.717, 1.165) is 23.1 Å². The minimum atomic E-state index is -3.70. The predicted octanol–water partition coefficient (Wildman–Crippen LogP) is 1.71. The molecule has 0 unspecified atom stereocenters. The number of nitrogens with one attached hydrogen (secondary N) is 2. The van der Waals surface area contributed by atoms with Crippen LogP contribution in [0.3, 0.4) is 0 Å². The first-order valence-corrected chi connectivity index (χ1v) is 10.3. The fourth-order valence-electron chi connectivity index (χ4n) is 3.50. The Balaban J connectivity index is 1.66. The van der Waals surface area contributed by atoms with E-state index in [2.05, 4.69) is 19.9 Å². The summed E-state index contributed by atoms with van der Waals surface area (Å²) < 4.78 is 27.9. The summed E-state index contributed by atoms with van der Waals surface area (Å²) in [5.74, 6) is 0.322. The highest BCUT2D eigenvalue weighted by Crippen LogP contribution is 2.28. The van der Waals surface area contributed by atoms with Crippen molar-refractivity contribution in [3.05, 3.63) is 35.9 Å². The molecule has 1 fully saturated rings. The van der Waals surface area contributed by atoms with Crippen molar-refractivity contribution in [3.8, 4) is 11.3 Å². The molecule has 3 aromatic rings. The molecule has 1 aromatic carbocycles. The molecule has 0 saturated heterocycles. The first-order valence-electron chi connectivity index (χ1n) is 8.77. The number of hydrogen-bond acceptors (Lipinski definition) is 6. The van der Waals surface area contributed by atoms with Gasteiger partial charge in [-0.3, -0.25) is 5.10 Å². The van der Waals surface area contributed by atoms with Crippen molar-refractivity contribution in [2.24, 2.45) is 0 Å². The van der Waals surface area contributed by atoms with E-state index in [1.165, 1.54) is 0 Å². The summed E-state index contributed by atoms with van der Waals surface area (Å²) in [6.45, 7) is 1.84. The van der Waals surface area contributed by atoms with Crippen molar-refractivity contribution >= 4 is 26.9 Å². The summed E-state index contributed by atoms with van der Waals surface area (Å²) in [6, 6.07) is 8.15. The first kappa shape index (κ1) is 17.9. The SMILES string of the molecule is Cc1cc(S(=O)(=O)N[C@@H]2CCC[C@@H]2O)ccc1-c1ccc2[nH]nc(N)c2n1. The third-order valence-electron chi connectivity index (χ3n) is 5.00. The molecule has 0 bridgehead atoms. The molecule has 5 N–H and O–H groups in total. The molecule has 1 aliphatic rings. The lowest BCUT2D eigenvalue weighted by molar-refractivity contribution is 0.159. The summed E-state index contributed by atoms with van der Waals surface area (Å²) in [5, 5.41) is 16.6. The molecule has 0 amide bonds. The Kier molecular flexibility index (Phi) is 4.37. The highest BCUT2D eigenvalue weighted by Gasteiger charge is 2.30. The number of aliphatic hydroxyl groups excluding tert-OH is 1.